The van der Waals surface area contributed by atoms with E-state index in [1.54, 1.807) is 30.3 Å². The first kappa shape index (κ1) is 21.7. The Balaban J connectivity index is 1.52. The largest absolute Gasteiger partial charge is 0.441 e. The third-order valence-electron chi connectivity index (χ3n) is 5.06. The average molecular weight is 428 g/mol. The van der Waals surface area contributed by atoms with E-state index in [-0.39, 0.29) is 16.8 Å². The summed E-state index contributed by atoms with van der Waals surface area (Å²) in [5.41, 5.74) is 1.80. The maximum atomic E-state index is 12.6. The van der Waals surface area contributed by atoms with Crippen LogP contribution in [0.1, 0.15) is 37.3 Å². The number of aromatic nitrogens is 1. The molecule has 0 fully saturated rings. The van der Waals surface area contributed by atoms with Crippen molar-refractivity contribution in [2.24, 2.45) is 5.14 Å². The van der Waals surface area contributed by atoms with Crippen molar-refractivity contribution in [3.05, 3.63) is 72.2 Å². The molecule has 0 saturated heterocycles. The zero-order chi connectivity index (χ0) is 21.7. The molecular formula is C22H25N3O4S. The number of aryl methyl sites for hydroxylation is 1. The molecule has 30 heavy (non-hydrogen) atoms. The normalized spacial score (nSPS) is 12.5. The maximum Gasteiger partial charge on any atom is 0.238 e. The summed E-state index contributed by atoms with van der Waals surface area (Å²) in [6.07, 6.45) is 3.25. The van der Waals surface area contributed by atoms with E-state index in [1.165, 1.54) is 12.1 Å². The number of primary sulfonamides is 1. The Morgan fingerprint density at radius 3 is 2.43 bits per heavy atom. The number of hydrogen-bond donors (Lipinski definition) is 1. The fraction of sp³-hybridized carbons (Fsp3) is 0.273. The molecule has 1 amide bonds. The van der Waals surface area contributed by atoms with Crippen molar-refractivity contribution in [1.82, 2.24) is 9.88 Å². The third kappa shape index (κ3) is 5.34. The van der Waals surface area contributed by atoms with E-state index in [1.807, 2.05) is 37.3 Å². The highest BCUT2D eigenvalue weighted by molar-refractivity contribution is 7.89. The number of nitrogens with two attached hydrogens (primary N) is 1. The minimum atomic E-state index is -3.73. The molecule has 0 bridgehead atoms. The van der Waals surface area contributed by atoms with Crippen molar-refractivity contribution in [3.63, 3.8) is 0 Å². The zero-order valence-electron chi connectivity index (χ0n) is 17.0. The van der Waals surface area contributed by atoms with Crippen LogP contribution < -0.4 is 5.14 Å². The van der Waals surface area contributed by atoms with E-state index in [0.29, 0.717) is 30.9 Å². The van der Waals surface area contributed by atoms with Gasteiger partial charge >= 0.3 is 0 Å². The molecule has 158 valence electrons. The van der Waals surface area contributed by atoms with Crippen molar-refractivity contribution in [1.29, 1.82) is 0 Å². The second-order valence-corrected chi connectivity index (χ2v) is 8.69. The molecule has 0 saturated carbocycles. The van der Waals surface area contributed by atoms with E-state index < -0.39 is 10.0 Å². The molecule has 3 rings (SSSR count). The number of oxazole rings is 1. The molecule has 0 radical (unpaired) electrons. The molecule has 8 heteroatoms. The van der Waals surface area contributed by atoms with Crippen LogP contribution in [0.5, 0.6) is 0 Å². The number of nitrogens with zero attached hydrogens (tertiary/aromatic N) is 2. The van der Waals surface area contributed by atoms with Gasteiger partial charge in [0.25, 0.3) is 0 Å². The molecule has 1 heterocycles. The molecule has 1 aromatic heterocycles. The van der Waals surface area contributed by atoms with Crippen LogP contribution in [0.25, 0.3) is 11.3 Å². The van der Waals surface area contributed by atoms with Gasteiger partial charge in [-0.15, -0.1) is 0 Å². The molecular weight excluding hydrogens is 402 g/mol. The van der Waals surface area contributed by atoms with Gasteiger partial charge in [-0.05, 0) is 31.0 Å². The van der Waals surface area contributed by atoms with E-state index in [4.69, 9.17) is 9.56 Å². The second kappa shape index (κ2) is 9.23. The van der Waals surface area contributed by atoms with Gasteiger partial charge < -0.3 is 9.32 Å². The first-order valence-corrected chi connectivity index (χ1v) is 11.2. The number of carbonyl (C=O) groups excluding carboxylic acids is 1. The summed E-state index contributed by atoms with van der Waals surface area (Å²) in [5, 5.41) is 5.12. The molecule has 2 aromatic carbocycles. The SMILES string of the molecule is C[C@H](c1ccc(S(N)(=O)=O)cc1)N(C)C(=O)CCCc1ncc(-c2ccccc2)o1. The molecule has 0 spiro atoms. The van der Waals surface area contributed by atoms with Crippen molar-refractivity contribution >= 4 is 15.9 Å². The lowest BCUT2D eigenvalue weighted by molar-refractivity contribution is -0.131. The average Bonchev–Trinajstić information content (AvgIpc) is 3.21. The first-order chi connectivity index (χ1) is 14.3. The Kier molecular flexibility index (Phi) is 6.69. The molecule has 0 aliphatic heterocycles. The van der Waals surface area contributed by atoms with Gasteiger partial charge in [-0.2, -0.15) is 0 Å². The summed E-state index contributed by atoms with van der Waals surface area (Å²) in [4.78, 5) is 18.6. The van der Waals surface area contributed by atoms with Gasteiger partial charge in [-0.3, -0.25) is 4.79 Å². The molecule has 2 N–H and O–H groups in total. The molecule has 0 aliphatic rings. The summed E-state index contributed by atoms with van der Waals surface area (Å²) in [6, 6.07) is 15.8. The monoisotopic (exact) mass is 427 g/mol. The topological polar surface area (TPSA) is 106 Å². The van der Waals surface area contributed by atoms with E-state index >= 15 is 0 Å². The van der Waals surface area contributed by atoms with Gasteiger partial charge in [0.2, 0.25) is 15.9 Å². The fourth-order valence-electron chi connectivity index (χ4n) is 3.10. The number of rotatable bonds is 8. The Labute approximate surface area is 176 Å². The smallest absolute Gasteiger partial charge is 0.238 e. The minimum Gasteiger partial charge on any atom is -0.441 e. The Bertz CT molecular complexity index is 1090. The minimum absolute atomic E-state index is 0.00661. The molecule has 0 unspecified atom stereocenters. The third-order valence-corrected chi connectivity index (χ3v) is 5.99. The highest BCUT2D eigenvalue weighted by Crippen LogP contribution is 2.23. The van der Waals surface area contributed by atoms with Crippen LogP contribution in [-0.4, -0.2) is 31.3 Å². The van der Waals surface area contributed by atoms with Crippen LogP contribution >= 0.6 is 0 Å². The van der Waals surface area contributed by atoms with Crippen molar-refractivity contribution < 1.29 is 17.6 Å². The van der Waals surface area contributed by atoms with Crippen LogP contribution in [0, 0.1) is 0 Å². The summed E-state index contributed by atoms with van der Waals surface area (Å²) < 4.78 is 28.5. The lowest BCUT2D eigenvalue weighted by Crippen LogP contribution is -2.29. The highest BCUT2D eigenvalue weighted by atomic mass is 32.2. The standard InChI is InChI=1S/C22H25N3O4S/c1-16(17-11-13-19(14-12-17)30(23,27)28)25(2)22(26)10-6-9-21-24-15-20(29-21)18-7-4-3-5-8-18/h3-5,7-8,11-16H,6,9-10H2,1-2H3,(H2,23,27,28)/t16-/m1/s1. The molecule has 7 nitrogen and oxygen atoms in total. The maximum absolute atomic E-state index is 12.6. The number of amides is 1. The molecule has 1 atom stereocenters. The number of carbonyl (C=O) groups is 1. The van der Waals surface area contributed by atoms with E-state index in [0.717, 1.165) is 11.1 Å². The lowest BCUT2D eigenvalue weighted by Gasteiger charge is -2.25. The quantitative estimate of drug-likeness (QED) is 0.592. The predicted molar refractivity (Wildman–Crippen MR) is 114 cm³/mol. The lowest BCUT2D eigenvalue weighted by atomic mass is 10.1. The van der Waals surface area contributed by atoms with Gasteiger partial charge in [0.05, 0.1) is 17.1 Å². The first-order valence-electron chi connectivity index (χ1n) is 9.64. The van der Waals surface area contributed by atoms with E-state index in [9.17, 15) is 13.2 Å². The van der Waals surface area contributed by atoms with Crippen LogP contribution in [-0.2, 0) is 21.2 Å². The van der Waals surface area contributed by atoms with Crippen LogP contribution in [0.15, 0.2) is 70.1 Å². The molecule has 0 aliphatic carbocycles. The van der Waals surface area contributed by atoms with Crippen LogP contribution in [0.2, 0.25) is 0 Å². The van der Waals surface area contributed by atoms with Gasteiger partial charge in [-0.25, -0.2) is 18.5 Å². The van der Waals surface area contributed by atoms with E-state index in [2.05, 4.69) is 4.98 Å². The van der Waals surface area contributed by atoms with Gasteiger partial charge in [0.15, 0.2) is 11.7 Å². The second-order valence-electron chi connectivity index (χ2n) is 7.13. The Morgan fingerprint density at radius 2 is 1.80 bits per heavy atom. The highest BCUT2D eigenvalue weighted by Gasteiger charge is 2.18. The van der Waals surface area contributed by atoms with Gasteiger partial charge in [-0.1, -0.05) is 42.5 Å². The van der Waals surface area contributed by atoms with Crippen molar-refractivity contribution in [3.8, 4) is 11.3 Å². The predicted octanol–water partition coefficient (Wildman–Crippen LogP) is 3.53. The summed E-state index contributed by atoms with van der Waals surface area (Å²) in [7, 11) is -2.00. The van der Waals surface area contributed by atoms with Gasteiger partial charge in [0.1, 0.15) is 0 Å². The van der Waals surface area contributed by atoms with Crippen molar-refractivity contribution in [2.45, 2.75) is 37.1 Å². The Hall–Kier alpha value is -2.97. The van der Waals surface area contributed by atoms with Crippen molar-refractivity contribution in [2.75, 3.05) is 7.05 Å². The molecule has 3 aromatic rings. The number of benzene rings is 2. The van der Waals surface area contributed by atoms with Crippen LogP contribution in [0.4, 0.5) is 0 Å². The van der Waals surface area contributed by atoms with Crippen LogP contribution in [0.3, 0.4) is 0 Å². The summed E-state index contributed by atoms with van der Waals surface area (Å²) in [6.45, 7) is 1.89. The zero-order valence-corrected chi connectivity index (χ0v) is 17.8. The Morgan fingerprint density at radius 1 is 1.13 bits per heavy atom. The fourth-order valence-corrected chi connectivity index (χ4v) is 3.62. The van der Waals surface area contributed by atoms with Gasteiger partial charge in [0, 0.05) is 25.5 Å². The summed E-state index contributed by atoms with van der Waals surface area (Å²) >= 11 is 0. The summed E-state index contributed by atoms with van der Waals surface area (Å²) in [5.74, 6) is 1.31. The number of sulfonamides is 1. The number of hydrogen-bond acceptors (Lipinski definition) is 5.